The van der Waals surface area contributed by atoms with Gasteiger partial charge in [0.1, 0.15) is 0 Å². The monoisotopic (exact) mass is 326 g/mol. The number of nitro groups is 1. The van der Waals surface area contributed by atoms with Gasteiger partial charge in [-0.3, -0.25) is 0 Å². The van der Waals surface area contributed by atoms with E-state index in [9.17, 15) is 10.1 Å². The van der Waals surface area contributed by atoms with Crippen LogP contribution in [0.5, 0.6) is 11.5 Å². The zero-order valence-electron chi connectivity index (χ0n) is 12.6. The number of pyridine rings is 1. The standard InChI is InChI=1S/C16H14N4O4/c21-20(22)16-15(18-14-3-1-2-8-19(14)16)17-7-6-11-4-5-12-13(9-11)24-10-23-12/h1-5,8-9,17H,6-7,10H2. The van der Waals surface area contributed by atoms with Crippen molar-refractivity contribution in [2.24, 2.45) is 0 Å². The molecule has 0 amide bonds. The zero-order valence-corrected chi connectivity index (χ0v) is 12.6. The maximum atomic E-state index is 11.3. The first kappa shape index (κ1) is 14.3. The molecule has 1 aliphatic heterocycles. The molecule has 0 saturated heterocycles. The highest BCUT2D eigenvalue weighted by atomic mass is 16.7. The van der Waals surface area contributed by atoms with Gasteiger partial charge in [-0.1, -0.05) is 12.1 Å². The summed E-state index contributed by atoms with van der Waals surface area (Å²) in [5.41, 5.74) is 1.59. The molecule has 0 spiro atoms. The van der Waals surface area contributed by atoms with E-state index in [4.69, 9.17) is 9.47 Å². The molecule has 0 saturated carbocycles. The number of fused-ring (bicyclic) bond motifs is 2. The molecule has 1 aliphatic rings. The van der Waals surface area contributed by atoms with Crippen LogP contribution in [0.25, 0.3) is 5.65 Å². The Hall–Kier alpha value is -3.29. The second-order valence-corrected chi connectivity index (χ2v) is 5.33. The van der Waals surface area contributed by atoms with Gasteiger partial charge in [0.25, 0.3) is 0 Å². The van der Waals surface area contributed by atoms with Crippen LogP contribution in [0.1, 0.15) is 5.56 Å². The summed E-state index contributed by atoms with van der Waals surface area (Å²) in [6, 6.07) is 11.0. The van der Waals surface area contributed by atoms with Gasteiger partial charge in [-0.2, -0.15) is 9.38 Å². The first-order valence-corrected chi connectivity index (χ1v) is 7.46. The molecule has 0 bridgehead atoms. The lowest BCUT2D eigenvalue weighted by molar-refractivity contribution is -0.389. The number of hydrogen-bond donors (Lipinski definition) is 1. The normalized spacial score (nSPS) is 12.5. The van der Waals surface area contributed by atoms with Crippen molar-refractivity contribution in [3.05, 3.63) is 58.3 Å². The van der Waals surface area contributed by atoms with Crippen LogP contribution >= 0.6 is 0 Å². The molecule has 0 atom stereocenters. The number of imidazole rings is 1. The van der Waals surface area contributed by atoms with E-state index in [1.807, 2.05) is 18.2 Å². The fraction of sp³-hybridized carbons (Fsp3) is 0.188. The smallest absolute Gasteiger partial charge is 0.372 e. The van der Waals surface area contributed by atoms with Gasteiger partial charge in [0, 0.05) is 12.6 Å². The van der Waals surface area contributed by atoms with Crippen molar-refractivity contribution in [1.29, 1.82) is 0 Å². The predicted molar refractivity (Wildman–Crippen MR) is 86.6 cm³/mol. The lowest BCUT2D eigenvalue weighted by atomic mass is 10.1. The summed E-state index contributed by atoms with van der Waals surface area (Å²) in [6.07, 6.45) is 2.31. The van der Waals surface area contributed by atoms with Crippen LogP contribution in [0.15, 0.2) is 42.6 Å². The highest BCUT2D eigenvalue weighted by Gasteiger charge is 2.21. The van der Waals surface area contributed by atoms with Gasteiger partial charge in [0.2, 0.25) is 18.3 Å². The lowest BCUT2D eigenvalue weighted by Crippen LogP contribution is -2.07. The molecule has 0 aliphatic carbocycles. The summed E-state index contributed by atoms with van der Waals surface area (Å²) in [6.45, 7) is 0.759. The Morgan fingerprint density at radius 1 is 1.25 bits per heavy atom. The number of nitrogens with zero attached hydrogens (tertiary/aromatic N) is 3. The molecular formula is C16H14N4O4. The average molecular weight is 326 g/mol. The van der Waals surface area contributed by atoms with Crippen LogP contribution in [-0.2, 0) is 6.42 Å². The molecule has 8 heteroatoms. The second-order valence-electron chi connectivity index (χ2n) is 5.33. The number of aromatic nitrogens is 2. The highest BCUT2D eigenvalue weighted by molar-refractivity contribution is 5.62. The van der Waals surface area contributed by atoms with Gasteiger partial charge in [-0.15, -0.1) is 0 Å². The van der Waals surface area contributed by atoms with Gasteiger partial charge >= 0.3 is 5.82 Å². The summed E-state index contributed by atoms with van der Waals surface area (Å²) in [5.74, 6) is 1.68. The second kappa shape index (κ2) is 5.73. The van der Waals surface area contributed by atoms with Crippen molar-refractivity contribution in [3.8, 4) is 11.5 Å². The van der Waals surface area contributed by atoms with Crippen molar-refractivity contribution < 1.29 is 14.4 Å². The van der Waals surface area contributed by atoms with Gasteiger partial charge < -0.3 is 24.9 Å². The molecule has 0 unspecified atom stereocenters. The molecule has 0 radical (unpaired) electrons. The fourth-order valence-corrected chi connectivity index (χ4v) is 2.70. The Kier molecular flexibility index (Phi) is 3.42. The highest BCUT2D eigenvalue weighted by Crippen LogP contribution is 2.32. The number of ether oxygens (including phenoxy) is 2. The molecule has 1 aromatic carbocycles. The summed E-state index contributed by atoms with van der Waals surface area (Å²) >= 11 is 0. The maximum Gasteiger partial charge on any atom is 0.372 e. The Balaban J connectivity index is 1.51. The van der Waals surface area contributed by atoms with Gasteiger partial charge in [0.15, 0.2) is 11.5 Å². The minimum absolute atomic E-state index is 0.0590. The van der Waals surface area contributed by atoms with E-state index in [2.05, 4.69) is 10.3 Å². The number of nitrogens with one attached hydrogen (secondary N) is 1. The van der Waals surface area contributed by atoms with Crippen molar-refractivity contribution in [2.45, 2.75) is 6.42 Å². The van der Waals surface area contributed by atoms with Crippen molar-refractivity contribution in [3.63, 3.8) is 0 Å². The summed E-state index contributed by atoms with van der Waals surface area (Å²) in [4.78, 5) is 15.2. The molecule has 3 aromatic rings. The first-order valence-electron chi connectivity index (χ1n) is 7.46. The maximum absolute atomic E-state index is 11.3. The fourth-order valence-electron chi connectivity index (χ4n) is 2.70. The molecule has 0 fully saturated rings. The van der Waals surface area contributed by atoms with Crippen molar-refractivity contribution in [1.82, 2.24) is 9.38 Å². The Morgan fingerprint density at radius 2 is 2.12 bits per heavy atom. The minimum Gasteiger partial charge on any atom is -0.454 e. The van der Waals surface area contributed by atoms with Gasteiger partial charge in [0.05, 0.1) is 6.20 Å². The topological polar surface area (TPSA) is 90.9 Å². The molecule has 1 N–H and O–H groups in total. The van der Waals surface area contributed by atoms with E-state index in [0.29, 0.717) is 18.6 Å². The van der Waals surface area contributed by atoms with E-state index >= 15 is 0 Å². The molecule has 24 heavy (non-hydrogen) atoms. The third-order valence-electron chi connectivity index (χ3n) is 3.82. The van der Waals surface area contributed by atoms with Crippen LogP contribution < -0.4 is 14.8 Å². The third kappa shape index (κ3) is 2.47. The minimum atomic E-state index is -0.428. The Morgan fingerprint density at radius 3 is 3.00 bits per heavy atom. The SMILES string of the molecule is O=[N+]([O-])c1c(NCCc2ccc3c(c2)OCO3)nc2ccccn12. The van der Waals surface area contributed by atoms with Crippen LogP contribution in [0, 0.1) is 10.1 Å². The number of anilines is 1. The average Bonchev–Trinajstić information content (AvgIpc) is 3.18. The number of rotatable bonds is 5. The van der Waals surface area contributed by atoms with Crippen LogP contribution in [0.3, 0.4) is 0 Å². The van der Waals surface area contributed by atoms with Crippen molar-refractivity contribution >= 4 is 17.3 Å². The van der Waals surface area contributed by atoms with Gasteiger partial charge in [-0.25, -0.2) is 0 Å². The summed E-state index contributed by atoms with van der Waals surface area (Å²) in [5, 5.41) is 14.4. The van der Waals surface area contributed by atoms with Crippen LogP contribution in [-0.4, -0.2) is 27.6 Å². The quantitative estimate of drug-likeness (QED) is 0.572. The lowest BCUT2D eigenvalue weighted by Gasteiger charge is -2.05. The molecule has 4 rings (SSSR count). The van der Waals surface area contributed by atoms with Crippen molar-refractivity contribution in [2.75, 3.05) is 18.7 Å². The van der Waals surface area contributed by atoms with E-state index in [-0.39, 0.29) is 18.4 Å². The Bertz CT molecular complexity index is 922. The number of benzene rings is 1. The zero-order chi connectivity index (χ0) is 16.5. The Labute approximate surface area is 136 Å². The third-order valence-corrected chi connectivity index (χ3v) is 3.82. The largest absolute Gasteiger partial charge is 0.454 e. The predicted octanol–water partition coefficient (Wildman–Crippen LogP) is 2.63. The summed E-state index contributed by atoms with van der Waals surface area (Å²) < 4.78 is 12.1. The van der Waals surface area contributed by atoms with E-state index in [0.717, 1.165) is 17.1 Å². The van der Waals surface area contributed by atoms with Crippen LogP contribution in [0.2, 0.25) is 0 Å². The first-order chi connectivity index (χ1) is 11.7. The van der Waals surface area contributed by atoms with E-state index < -0.39 is 4.92 Å². The van der Waals surface area contributed by atoms with E-state index in [1.165, 1.54) is 4.40 Å². The molecule has 2 aromatic heterocycles. The number of hydrogen-bond acceptors (Lipinski definition) is 6. The van der Waals surface area contributed by atoms with Crippen LogP contribution in [0.4, 0.5) is 11.6 Å². The molecular weight excluding hydrogens is 312 g/mol. The van der Waals surface area contributed by atoms with E-state index in [1.54, 1.807) is 24.4 Å². The molecule has 8 nitrogen and oxygen atoms in total. The molecule has 3 heterocycles. The molecule has 122 valence electrons. The van der Waals surface area contributed by atoms with Gasteiger partial charge in [-0.05, 0) is 35.1 Å². The summed E-state index contributed by atoms with van der Waals surface area (Å²) in [7, 11) is 0.